The molecule has 2 atom stereocenters. The van der Waals surface area contributed by atoms with Gasteiger partial charge in [-0.15, -0.1) is 13.2 Å². The van der Waals surface area contributed by atoms with Crippen LogP contribution in [0.15, 0.2) is 67.0 Å². The number of carbonyl (C=O) groups excluding carboxylic acids is 1. The van der Waals surface area contributed by atoms with E-state index in [-0.39, 0.29) is 18.2 Å². The van der Waals surface area contributed by atoms with Gasteiger partial charge in [-0.05, 0) is 60.4 Å². The summed E-state index contributed by atoms with van der Waals surface area (Å²) in [5, 5.41) is 0. The van der Waals surface area contributed by atoms with Crippen molar-refractivity contribution in [1.82, 2.24) is 19.4 Å². The second-order valence-electron chi connectivity index (χ2n) is 10.1. The number of amides is 1. The van der Waals surface area contributed by atoms with Crippen LogP contribution >= 0.6 is 0 Å². The lowest BCUT2D eigenvalue weighted by atomic mass is 10.1. The summed E-state index contributed by atoms with van der Waals surface area (Å²) in [7, 11) is 1.76. The number of rotatable bonds is 10. The minimum absolute atomic E-state index is 0.192. The third-order valence-corrected chi connectivity index (χ3v) is 7.47. The zero-order chi connectivity index (χ0) is 26.0. The van der Waals surface area contributed by atoms with Crippen molar-refractivity contribution in [2.75, 3.05) is 26.2 Å². The number of nitrogens with zero attached hydrogens (tertiary/aromatic N) is 4. The van der Waals surface area contributed by atoms with E-state index in [2.05, 4.69) is 38.9 Å². The fourth-order valence-corrected chi connectivity index (χ4v) is 5.59. The second-order valence-corrected chi connectivity index (χ2v) is 10.1. The number of imidazole rings is 1. The average Bonchev–Trinajstić information content (AvgIpc) is 3.16. The smallest absolute Gasteiger partial charge is 0.406 e. The Labute approximate surface area is 214 Å². The summed E-state index contributed by atoms with van der Waals surface area (Å²) >= 11 is 0. The number of aryl methyl sites for hydroxylation is 2. The molecule has 1 aliphatic heterocycles. The van der Waals surface area contributed by atoms with Crippen molar-refractivity contribution in [3.05, 3.63) is 83.9 Å². The fourth-order valence-electron chi connectivity index (χ4n) is 5.59. The lowest BCUT2D eigenvalue weighted by molar-refractivity contribution is -0.274. The molecule has 1 saturated heterocycles. The van der Waals surface area contributed by atoms with Crippen LogP contribution in [0.4, 0.5) is 13.2 Å². The molecule has 2 heterocycles. The number of piperidine rings is 1. The summed E-state index contributed by atoms with van der Waals surface area (Å²) < 4.78 is 43.8. The largest absolute Gasteiger partial charge is 0.573 e. The van der Waals surface area contributed by atoms with Crippen LogP contribution in [-0.2, 0) is 20.0 Å². The molecule has 0 bridgehead atoms. The number of benzene rings is 2. The predicted molar refractivity (Wildman–Crippen MR) is 133 cm³/mol. The fraction of sp³-hybridized carbons (Fsp3) is 0.429. The normalized spacial score (nSPS) is 21.0. The van der Waals surface area contributed by atoms with Gasteiger partial charge >= 0.3 is 6.36 Å². The van der Waals surface area contributed by atoms with Crippen molar-refractivity contribution in [3.8, 4) is 5.75 Å². The van der Waals surface area contributed by atoms with Crippen LogP contribution in [0.5, 0.6) is 5.75 Å². The Bertz CT molecular complexity index is 1200. The number of hydrogen-bond donors (Lipinski definition) is 0. The van der Waals surface area contributed by atoms with Crippen LogP contribution < -0.4 is 4.74 Å². The van der Waals surface area contributed by atoms with Crippen molar-refractivity contribution in [3.63, 3.8) is 0 Å². The molecule has 1 aromatic heterocycles. The van der Waals surface area contributed by atoms with Gasteiger partial charge in [-0.3, -0.25) is 4.79 Å². The summed E-state index contributed by atoms with van der Waals surface area (Å²) in [5.74, 6) is 1.30. The first-order chi connectivity index (χ1) is 17.8. The molecule has 3 aromatic rings. The van der Waals surface area contributed by atoms with Crippen LogP contribution in [0.1, 0.15) is 28.2 Å². The number of aromatic nitrogens is 2. The van der Waals surface area contributed by atoms with Crippen LogP contribution in [0, 0.1) is 17.8 Å². The number of halogens is 3. The highest BCUT2D eigenvalue weighted by Gasteiger charge is 2.55. The zero-order valence-electron chi connectivity index (χ0n) is 20.8. The Kier molecular flexibility index (Phi) is 7.24. The maximum absolute atomic E-state index is 13.4. The van der Waals surface area contributed by atoms with E-state index in [1.807, 2.05) is 6.07 Å². The van der Waals surface area contributed by atoms with E-state index in [0.29, 0.717) is 35.7 Å². The SMILES string of the molecule is Cn1ccnc1C(=O)N(Cc1cccc(OC(F)(F)F)c1)CC1C2CN(CCCc3ccccc3)CC21. The molecule has 37 heavy (non-hydrogen) atoms. The second kappa shape index (κ2) is 10.6. The first-order valence-corrected chi connectivity index (χ1v) is 12.6. The Hall–Kier alpha value is -3.33. The van der Waals surface area contributed by atoms with Gasteiger partial charge in [-0.25, -0.2) is 4.98 Å². The molecule has 1 aliphatic carbocycles. The summed E-state index contributed by atoms with van der Waals surface area (Å²) in [5.41, 5.74) is 1.94. The molecule has 2 aliphatic rings. The molecule has 2 unspecified atom stereocenters. The Balaban J connectivity index is 1.20. The number of alkyl halides is 3. The van der Waals surface area contributed by atoms with E-state index >= 15 is 0 Å². The summed E-state index contributed by atoms with van der Waals surface area (Å²) in [4.78, 5) is 21.8. The highest BCUT2D eigenvalue weighted by atomic mass is 19.4. The van der Waals surface area contributed by atoms with Gasteiger partial charge in [0.2, 0.25) is 0 Å². The molecule has 1 amide bonds. The average molecular weight is 513 g/mol. The van der Waals surface area contributed by atoms with Gasteiger partial charge in [-0.2, -0.15) is 0 Å². The van der Waals surface area contributed by atoms with E-state index in [4.69, 9.17) is 0 Å². The minimum atomic E-state index is -4.76. The molecule has 6 nitrogen and oxygen atoms in total. The summed E-state index contributed by atoms with van der Waals surface area (Å²) in [6.45, 7) is 3.88. The van der Waals surface area contributed by atoms with Gasteiger partial charge in [0.15, 0.2) is 5.82 Å². The van der Waals surface area contributed by atoms with Crippen molar-refractivity contribution >= 4 is 5.91 Å². The molecule has 1 saturated carbocycles. The summed E-state index contributed by atoms with van der Waals surface area (Å²) in [6, 6.07) is 16.3. The maximum atomic E-state index is 13.4. The molecule has 2 aromatic carbocycles. The number of ether oxygens (including phenoxy) is 1. The Morgan fingerprint density at radius 2 is 1.81 bits per heavy atom. The first kappa shape index (κ1) is 25.3. The van der Waals surface area contributed by atoms with E-state index in [0.717, 1.165) is 32.5 Å². The standard InChI is InChI=1S/C28H31F3N4O2/c1-33-14-12-32-26(33)27(36)35(16-21-9-5-11-22(15-21)37-28(29,30)31)19-25-23-17-34(18-24(23)25)13-6-10-20-7-3-2-4-8-20/h2-5,7-9,11-12,14-15,23-25H,6,10,13,16-19H2,1H3. The van der Waals surface area contributed by atoms with Gasteiger partial charge in [-0.1, -0.05) is 42.5 Å². The highest BCUT2D eigenvalue weighted by Crippen LogP contribution is 2.52. The zero-order valence-corrected chi connectivity index (χ0v) is 20.8. The molecular formula is C28H31F3N4O2. The molecule has 0 radical (unpaired) electrons. The topological polar surface area (TPSA) is 50.6 Å². The van der Waals surface area contributed by atoms with Gasteiger partial charge in [0.05, 0.1) is 0 Å². The molecule has 2 fully saturated rings. The highest BCUT2D eigenvalue weighted by molar-refractivity contribution is 5.90. The van der Waals surface area contributed by atoms with Crippen LogP contribution in [0.2, 0.25) is 0 Å². The van der Waals surface area contributed by atoms with Crippen LogP contribution in [0.25, 0.3) is 0 Å². The Morgan fingerprint density at radius 1 is 1.08 bits per heavy atom. The van der Waals surface area contributed by atoms with Crippen molar-refractivity contribution in [1.29, 1.82) is 0 Å². The molecule has 0 N–H and O–H groups in total. The van der Waals surface area contributed by atoms with Crippen molar-refractivity contribution in [2.24, 2.45) is 24.8 Å². The Morgan fingerprint density at radius 3 is 2.49 bits per heavy atom. The van der Waals surface area contributed by atoms with Gasteiger partial charge in [0, 0.05) is 45.6 Å². The maximum Gasteiger partial charge on any atom is 0.573 e. The molecule has 5 rings (SSSR count). The lowest BCUT2D eigenvalue weighted by Crippen LogP contribution is -2.36. The van der Waals surface area contributed by atoms with Crippen molar-refractivity contribution < 1.29 is 22.7 Å². The molecule has 0 spiro atoms. The third-order valence-electron chi connectivity index (χ3n) is 7.47. The van der Waals surface area contributed by atoms with E-state index in [1.165, 1.54) is 23.8 Å². The first-order valence-electron chi connectivity index (χ1n) is 12.6. The predicted octanol–water partition coefficient (Wildman–Crippen LogP) is 4.77. The monoisotopic (exact) mass is 512 g/mol. The number of carbonyl (C=O) groups is 1. The molecular weight excluding hydrogens is 481 g/mol. The third kappa shape index (κ3) is 6.33. The molecule has 196 valence electrons. The minimum Gasteiger partial charge on any atom is -0.406 e. The van der Waals surface area contributed by atoms with Gasteiger partial charge in [0.1, 0.15) is 5.75 Å². The lowest BCUT2D eigenvalue weighted by Gasteiger charge is -2.25. The van der Waals surface area contributed by atoms with E-state index in [1.54, 1.807) is 35.0 Å². The molecule has 9 heteroatoms. The van der Waals surface area contributed by atoms with E-state index < -0.39 is 6.36 Å². The quantitative estimate of drug-likeness (QED) is 0.393. The van der Waals surface area contributed by atoms with E-state index in [9.17, 15) is 18.0 Å². The van der Waals surface area contributed by atoms with Gasteiger partial charge < -0.3 is 19.1 Å². The summed E-state index contributed by atoms with van der Waals surface area (Å²) in [6.07, 6.45) is 0.706. The number of hydrogen-bond acceptors (Lipinski definition) is 4. The van der Waals surface area contributed by atoms with Crippen LogP contribution in [-0.4, -0.2) is 57.8 Å². The van der Waals surface area contributed by atoms with Crippen molar-refractivity contribution in [2.45, 2.75) is 25.7 Å². The van der Waals surface area contributed by atoms with Gasteiger partial charge in [0.25, 0.3) is 5.91 Å². The van der Waals surface area contributed by atoms with Crippen LogP contribution in [0.3, 0.4) is 0 Å². The number of likely N-dealkylation sites (tertiary alicyclic amines) is 1. The number of fused-ring (bicyclic) bond motifs is 1.